The first kappa shape index (κ1) is 16.7. The molecule has 0 aliphatic carbocycles. The fraction of sp³-hybridized carbons (Fsp3) is 0.111. The van der Waals surface area contributed by atoms with Crippen LogP contribution in [0.2, 0.25) is 0 Å². The molecule has 0 radical (unpaired) electrons. The summed E-state index contributed by atoms with van der Waals surface area (Å²) in [5, 5.41) is 23.7. The average molecular weight is 317 g/mol. The summed E-state index contributed by atoms with van der Waals surface area (Å²) in [6.07, 6.45) is 0. The third kappa shape index (κ3) is 3.96. The summed E-state index contributed by atoms with van der Waals surface area (Å²) >= 11 is 0. The normalized spacial score (nSPS) is 9.33. The largest absolute Gasteiger partial charge is 0.322 e. The summed E-state index contributed by atoms with van der Waals surface area (Å²) in [6.45, 7) is 3.95. The quantitative estimate of drug-likeness (QED) is 0.666. The highest BCUT2D eigenvalue weighted by Gasteiger charge is 2.08. The van der Waals surface area contributed by atoms with Crippen LogP contribution >= 0.6 is 0 Å². The Bertz CT molecular complexity index is 854. The molecular formula is C18H15N5O. The molecule has 24 heavy (non-hydrogen) atoms. The van der Waals surface area contributed by atoms with E-state index in [9.17, 15) is 4.79 Å². The van der Waals surface area contributed by atoms with Crippen LogP contribution < -0.4 is 10.7 Å². The van der Waals surface area contributed by atoms with Crippen LogP contribution in [0.4, 0.5) is 11.4 Å². The van der Waals surface area contributed by atoms with Crippen molar-refractivity contribution < 1.29 is 4.79 Å². The van der Waals surface area contributed by atoms with Crippen LogP contribution in [0.15, 0.2) is 47.6 Å². The van der Waals surface area contributed by atoms with Crippen molar-refractivity contribution in [2.75, 3.05) is 10.7 Å². The van der Waals surface area contributed by atoms with E-state index in [0.29, 0.717) is 11.3 Å². The van der Waals surface area contributed by atoms with E-state index < -0.39 is 0 Å². The summed E-state index contributed by atoms with van der Waals surface area (Å²) in [4.78, 5) is 12.3. The number of anilines is 2. The van der Waals surface area contributed by atoms with Crippen molar-refractivity contribution >= 4 is 23.0 Å². The van der Waals surface area contributed by atoms with Crippen LogP contribution in [0.3, 0.4) is 0 Å². The van der Waals surface area contributed by atoms with E-state index in [4.69, 9.17) is 10.5 Å². The second-order valence-corrected chi connectivity index (χ2v) is 5.07. The number of nitrogens with zero attached hydrogens (tertiary/aromatic N) is 3. The highest BCUT2D eigenvalue weighted by molar-refractivity contribution is 6.10. The molecule has 2 aromatic carbocycles. The molecule has 0 spiro atoms. The van der Waals surface area contributed by atoms with Gasteiger partial charge in [0.05, 0.1) is 5.69 Å². The zero-order chi connectivity index (χ0) is 17.5. The van der Waals surface area contributed by atoms with Gasteiger partial charge in [-0.15, -0.1) is 0 Å². The predicted molar refractivity (Wildman–Crippen MR) is 92.6 cm³/mol. The summed E-state index contributed by atoms with van der Waals surface area (Å²) < 4.78 is 0. The molecule has 0 aliphatic rings. The molecule has 2 N–H and O–H groups in total. The maximum Gasteiger partial charge on any atom is 0.255 e. The minimum Gasteiger partial charge on any atom is -0.322 e. The van der Waals surface area contributed by atoms with Gasteiger partial charge in [-0.1, -0.05) is 12.1 Å². The molecule has 2 rings (SSSR count). The molecule has 0 bridgehead atoms. The number of carbonyl (C=O) groups excluding carboxylic acids is 1. The van der Waals surface area contributed by atoms with Gasteiger partial charge in [0.2, 0.25) is 5.71 Å². The van der Waals surface area contributed by atoms with Crippen LogP contribution in [0.1, 0.15) is 21.5 Å². The standard InChI is InChI=1S/C18H15N5O/c1-12-4-3-5-17(13(12)2)21-18(24)14-6-8-15(9-7-14)22-23-16(10-19)11-20/h3-9,22H,1-2H3,(H,21,24). The molecule has 1 amide bonds. The number of rotatable bonds is 4. The van der Waals surface area contributed by atoms with Gasteiger partial charge in [0, 0.05) is 11.3 Å². The van der Waals surface area contributed by atoms with Gasteiger partial charge in [0.25, 0.3) is 5.91 Å². The minimum absolute atomic E-state index is 0.214. The number of aryl methyl sites for hydroxylation is 1. The predicted octanol–water partition coefficient (Wildman–Crippen LogP) is 3.37. The number of nitrogens with one attached hydrogen (secondary N) is 2. The Morgan fingerprint density at radius 2 is 1.71 bits per heavy atom. The van der Waals surface area contributed by atoms with Crippen molar-refractivity contribution in [1.82, 2.24) is 0 Å². The van der Waals surface area contributed by atoms with Gasteiger partial charge < -0.3 is 5.32 Å². The molecule has 0 fully saturated rings. The fourth-order valence-electron chi connectivity index (χ4n) is 1.97. The van der Waals surface area contributed by atoms with Crippen molar-refractivity contribution in [3.8, 4) is 12.1 Å². The van der Waals surface area contributed by atoms with Crippen LogP contribution in [0.5, 0.6) is 0 Å². The lowest BCUT2D eigenvalue weighted by Crippen LogP contribution is -2.13. The fourth-order valence-corrected chi connectivity index (χ4v) is 1.97. The van der Waals surface area contributed by atoms with Crippen molar-refractivity contribution in [1.29, 1.82) is 10.5 Å². The molecule has 6 nitrogen and oxygen atoms in total. The molecule has 0 saturated carbocycles. The Kier molecular flexibility index (Phi) is 5.28. The maximum atomic E-state index is 12.3. The zero-order valence-electron chi connectivity index (χ0n) is 13.3. The Labute approximate surface area is 140 Å². The Balaban J connectivity index is 2.09. The minimum atomic E-state index is -0.272. The van der Waals surface area contributed by atoms with E-state index in [2.05, 4.69) is 15.8 Å². The van der Waals surface area contributed by atoms with E-state index in [1.54, 1.807) is 36.4 Å². The smallest absolute Gasteiger partial charge is 0.255 e. The second-order valence-electron chi connectivity index (χ2n) is 5.07. The van der Waals surface area contributed by atoms with E-state index in [-0.39, 0.29) is 11.6 Å². The monoisotopic (exact) mass is 317 g/mol. The van der Waals surface area contributed by atoms with Gasteiger partial charge in [-0.05, 0) is 55.3 Å². The molecule has 0 atom stereocenters. The first-order valence-electron chi connectivity index (χ1n) is 7.16. The lowest BCUT2D eigenvalue weighted by atomic mass is 10.1. The molecule has 6 heteroatoms. The van der Waals surface area contributed by atoms with Gasteiger partial charge in [0.15, 0.2) is 0 Å². The third-order valence-electron chi connectivity index (χ3n) is 3.51. The number of benzene rings is 2. The van der Waals surface area contributed by atoms with Crippen molar-refractivity contribution in [2.45, 2.75) is 13.8 Å². The Hall–Kier alpha value is -3.64. The molecule has 0 aliphatic heterocycles. The lowest BCUT2D eigenvalue weighted by molar-refractivity contribution is 0.102. The number of hydrazone groups is 1. The molecule has 118 valence electrons. The maximum absolute atomic E-state index is 12.3. The first-order chi connectivity index (χ1) is 11.5. The van der Waals surface area contributed by atoms with Crippen LogP contribution in [0.25, 0.3) is 0 Å². The second kappa shape index (κ2) is 7.57. The van der Waals surface area contributed by atoms with E-state index in [1.807, 2.05) is 32.0 Å². The highest BCUT2D eigenvalue weighted by atomic mass is 16.1. The van der Waals surface area contributed by atoms with E-state index >= 15 is 0 Å². The highest BCUT2D eigenvalue weighted by Crippen LogP contribution is 2.19. The van der Waals surface area contributed by atoms with Crippen LogP contribution in [-0.4, -0.2) is 11.6 Å². The molecule has 0 saturated heterocycles. The molecular weight excluding hydrogens is 302 g/mol. The van der Waals surface area contributed by atoms with Crippen molar-refractivity contribution in [2.24, 2.45) is 5.10 Å². The number of hydrogen-bond acceptors (Lipinski definition) is 5. The summed E-state index contributed by atoms with van der Waals surface area (Å²) in [5.41, 5.74) is 6.29. The van der Waals surface area contributed by atoms with Gasteiger partial charge in [-0.25, -0.2) is 0 Å². The topological polar surface area (TPSA) is 101 Å². The molecule has 2 aromatic rings. The van der Waals surface area contributed by atoms with Gasteiger partial charge >= 0.3 is 0 Å². The van der Waals surface area contributed by atoms with Crippen molar-refractivity contribution in [3.05, 3.63) is 59.2 Å². The SMILES string of the molecule is Cc1cccc(NC(=O)c2ccc(NN=C(C#N)C#N)cc2)c1C. The Morgan fingerprint density at radius 3 is 2.33 bits per heavy atom. The van der Waals surface area contributed by atoms with E-state index in [0.717, 1.165) is 16.8 Å². The number of amides is 1. The number of nitriles is 2. The molecule has 0 unspecified atom stereocenters. The number of hydrogen-bond donors (Lipinski definition) is 2. The van der Waals surface area contributed by atoms with Crippen LogP contribution in [-0.2, 0) is 0 Å². The third-order valence-corrected chi connectivity index (χ3v) is 3.51. The summed E-state index contributed by atoms with van der Waals surface area (Å²) in [7, 11) is 0. The molecule has 0 aromatic heterocycles. The van der Waals surface area contributed by atoms with Crippen LogP contribution in [0, 0.1) is 36.5 Å². The van der Waals surface area contributed by atoms with Gasteiger partial charge in [-0.3, -0.25) is 10.2 Å². The summed E-state index contributed by atoms with van der Waals surface area (Å²) in [6, 6.07) is 15.6. The Morgan fingerprint density at radius 1 is 1.04 bits per heavy atom. The van der Waals surface area contributed by atoms with Gasteiger partial charge in [-0.2, -0.15) is 15.6 Å². The zero-order valence-corrected chi connectivity index (χ0v) is 13.3. The number of carbonyl (C=O) groups is 1. The first-order valence-corrected chi connectivity index (χ1v) is 7.16. The molecule has 0 heterocycles. The van der Waals surface area contributed by atoms with Gasteiger partial charge in [0.1, 0.15) is 12.1 Å². The lowest BCUT2D eigenvalue weighted by Gasteiger charge is -2.10. The average Bonchev–Trinajstić information content (AvgIpc) is 2.60. The van der Waals surface area contributed by atoms with Crippen molar-refractivity contribution in [3.63, 3.8) is 0 Å². The van der Waals surface area contributed by atoms with E-state index in [1.165, 1.54) is 0 Å². The summed E-state index contributed by atoms with van der Waals surface area (Å²) in [5.74, 6) is -0.214.